The number of ether oxygens (including phenoxy) is 1. The molecular weight excluding hydrogens is 274 g/mol. The highest BCUT2D eigenvalue weighted by Gasteiger charge is 2.03. The Morgan fingerprint density at radius 2 is 2.27 bits per heavy atom. The van der Waals surface area contributed by atoms with E-state index in [-0.39, 0.29) is 0 Å². The van der Waals surface area contributed by atoms with Gasteiger partial charge in [0.15, 0.2) is 0 Å². The van der Waals surface area contributed by atoms with Crippen LogP contribution in [-0.2, 0) is 6.42 Å². The molecule has 1 aromatic rings. The molecule has 0 aliphatic carbocycles. The maximum absolute atomic E-state index is 5.45. The molecule has 0 atom stereocenters. The van der Waals surface area contributed by atoms with Crippen LogP contribution < -0.4 is 10.5 Å². The summed E-state index contributed by atoms with van der Waals surface area (Å²) < 4.78 is 6.34. The van der Waals surface area contributed by atoms with E-state index in [2.05, 4.69) is 22.0 Å². The van der Waals surface area contributed by atoms with Crippen molar-refractivity contribution in [2.45, 2.75) is 19.3 Å². The van der Waals surface area contributed by atoms with Gasteiger partial charge < -0.3 is 10.5 Å². The Balaban J connectivity index is 2.65. The molecule has 0 heterocycles. The first-order valence-corrected chi connectivity index (χ1v) is 5.94. The molecule has 2 nitrogen and oxygen atoms in total. The molecule has 0 fully saturated rings. The van der Waals surface area contributed by atoms with Crippen molar-refractivity contribution in [3.8, 4) is 5.75 Å². The molecule has 0 spiro atoms. The number of hydrogen-bond donors (Lipinski definition) is 1. The van der Waals surface area contributed by atoms with Gasteiger partial charge in [-0.2, -0.15) is 0 Å². The minimum absolute atomic E-state index is 0.573. The van der Waals surface area contributed by atoms with Crippen LogP contribution in [0.5, 0.6) is 5.75 Å². The predicted octanol–water partition coefficient (Wildman–Crippen LogP) is 3.07. The van der Waals surface area contributed by atoms with E-state index in [4.69, 9.17) is 22.7 Å². The molecule has 0 radical (unpaired) electrons. The summed E-state index contributed by atoms with van der Waals surface area (Å²) >= 11 is 8.28. The van der Waals surface area contributed by atoms with Crippen molar-refractivity contribution in [1.82, 2.24) is 0 Å². The van der Waals surface area contributed by atoms with Gasteiger partial charge in [-0.1, -0.05) is 28.1 Å². The van der Waals surface area contributed by atoms with E-state index in [1.54, 1.807) is 7.11 Å². The predicted molar refractivity (Wildman–Crippen MR) is 70.4 cm³/mol. The average molecular weight is 288 g/mol. The molecule has 2 N–H and O–H groups in total. The Hall–Kier alpha value is -0.610. The number of methoxy groups -OCH3 is 1. The molecule has 1 rings (SSSR count). The van der Waals surface area contributed by atoms with E-state index in [1.807, 2.05) is 12.1 Å². The molecule has 0 aliphatic rings. The first kappa shape index (κ1) is 12.5. The summed E-state index contributed by atoms with van der Waals surface area (Å²) in [5, 5.41) is 0. The van der Waals surface area contributed by atoms with Crippen molar-refractivity contribution in [2.24, 2.45) is 5.73 Å². The van der Waals surface area contributed by atoms with E-state index < -0.39 is 0 Å². The Labute approximate surface area is 104 Å². The summed E-state index contributed by atoms with van der Waals surface area (Å²) in [6.45, 7) is 0. The lowest BCUT2D eigenvalue weighted by Crippen LogP contribution is -2.07. The minimum Gasteiger partial charge on any atom is -0.496 e. The van der Waals surface area contributed by atoms with Crippen molar-refractivity contribution in [2.75, 3.05) is 7.11 Å². The number of nitrogens with two attached hydrogens (primary N) is 1. The zero-order valence-electron chi connectivity index (χ0n) is 8.63. The number of hydrogen-bond acceptors (Lipinski definition) is 2. The third-order valence-electron chi connectivity index (χ3n) is 2.11. The maximum atomic E-state index is 5.45. The standard InChI is InChI=1S/C11H14BrNOS/c1-14-10-6-5-9(12)7-8(10)3-2-4-11(13)15/h5-7H,2-4H2,1H3,(H2,13,15). The molecule has 0 saturated carbocycles. The van der Waals surface area contributed by atoms with Crippen molar-refractivity contribution >= 4 is 33.1 Å². The van der Waals surface area contributed by atoms with Crippen LogP contribution in [0.15, 0.2) is 22.7 Å². The fourth-order valence-corrected chi connectivity index (χ4v) is 1.95. The topological polar surface area (TPSA) is 35.2 Å². The van der Waals surface area contributed by atoms with Gasteiger partial charge in [0.05, 0.1) is 12.1 Å². The van der Waals surface area contributed by atoms with Crippen LogP contribution in [0.25, 0.3) is 0 Å². The highest BCUT2D eigenvalue weighted by atomic mass is 79.9. The fraction of sp³-hybridized carbons (Fsp3) is 0.364. The van der Waals surface area contributed by atoms with Crippen LogP contribution in [0.4, 0.5) is 0 Å². The highest BCUT2D eigenvalue weighted by Crippen LogP contribution is 2.24. The van der Waals surface area contributed by atoms with E-state index in [1.165, 1.54) is 5.56 Å². The van der Waals surface area contributed by atoms with Gasteiger partial charge in [-0.3, -0.25) is 0 Å². The largest absolute Gasteiger partial charge is 0.496 e. The summed E-state index contributed by atoms with van der Waals surface area (Å²) in [6, 6.07) is 5.99. The molecule has 82 valence electrons. The van der Waals surface area contributed by atoms with Gasteiger partial charge >= 0.3 is 0 Å². The quantitative estimate of drug-likeness (QED) is 0.846. The lowest BCUT2D eigenvalue weighted by Gasteiger charge is -2.08. The summed E-state index contributed by atoms with van der Waals surface area (Å²) in [6.07, 6.45) is 2.67. The van der Waals surface area contributed by atoms with E-state index >= 15 is 0 Å². The number of rotatable bonds is 5. The average Bonchev–Trinajstić information content (AvgIpc) is 2.17. The van der Waals surface area contributed by atoms with E-state index in [0.29, 0.717) is 4.99 Å². The smallest absolute Gasteiger partial charge is 0.122 e. The highest BCUT2D eigenvalue weighted by molar-refractivity contribution is 9.10. The summed E-state index contributed by atoms with van der Waals surface area (Å²) in [5.41, 5.74) is 6.63. The third kappa shape index (κ3) is 4.18. The van der Waals surface area contributed by atoms with Gasteiger partial charge in [-0.25, -0.2) is 0 Å². The van der Waals surface area contributed by atoms with E-state index in [0.717, 1.165) is 29.5 Å². The normalized spacial score (nSPS) is 10.0. The summed E-state index contributed by atoms with van der Waals surface area (Å²) in [7, 11) is 1.68. The molecule has 0 amide bonds. The first-order valence-electron chi connectivity index (χ1n) is 4.74. The van der Waals surface area contributed by atoms with Crippen LogP contribution in [0.2, 0.25) is 0 Å². The second-order valence-electron chi connectivity index (χ2n) is 3.28. The van der Waals surface area contributed by atoms with Crippen LogP contribution in [0.3, 0.4) is 0 Å². The van der Waals surface area contributed by atoms with Crippen molar-refractivity contribution in [3.05, 3.63) is 28.2 Å². The number of benzene rings is 1. The van der Waals surface area contributed by atoms with Crippen LogP contribution in [0, 0.1) is 0 Å². The van der Waals surface area contributed by atoms with Crippen molar-refractivity contribution in [1.29, 1.82) is 0 Å². The lowest BCUT2D eigenvalue weighted by atomic mass is 10.1. The lowest BCUT2D eigenvalue weighted by molar-refractivity contribution is 0.409. The van der Waals surface area contributed by atoms with E-state index in [9.17, 15) is 0 Å². The Morgan fingerprint density at radius 3 is 2.87 bits per heavy atom. The Morgan fingerprint density at radius 1 is 1.53 bits per heavy atom. The van der Waals surface area contributed by atoms with Gasteiger partial charge in [0.25, 0.3) is 0 Å². The minimum atomic E-state index is 0.573. The molecular formula is C11H14BrNOS. The zero-order chi connectivity index (χ0) is 11.3. The SMILES string of the molecule is COc1ccc(Br)cc1CCCC(N)=S. The van der Waals surface area contributed by atoms with Gasteiger partial charge in [-0.15, -0.1) is 0 Å². The van der Waals surface area contributed by atoms with Gasteiger partial charge in [0, 0.05) is 4.47 Å². The first-order chi connectivity index (χ1) is 7.13. The fourth-order valence-electron chi connectivity index (χ4n) is 1.40. The molecule has 0 bridgehead atoms. The molecule has 0 aromatic heterocycles. The Bertz CT molecular complexity index is 354. The summed E-state index contributed by atoms with van der Waals surface area (Å²) in [4.78, 5) is 0.573. The number of aryl methyl sites for hydroxylation is 1. The molecule has 0 aliphatic heterocycles. The van der Waals surface area contributed by atoms with Crippen molar-refractivity contribution < 1.29 is 4.74 Å². The molecule has 0 unspecified atom stereocenters. The third-order valence-corrected chi connectivity index (χ3v) is 2.81. The second-order valence-corrected chi connectivity index (χ2v) is 4.72. The number of thiocarbonyl (C=S) groups is 1. The van der Waals surface area contributed by atoms with Gasteiger partial charge in [0.2, 0.25) is 0 Å². The van der Waals surface area contributed by atoms with Gasteiger partial charge in [-0.05, 0) is 43.0 Å². The molecule has 1 aromatic carbocycles. The van der Waals surface area contributed by atoms with Crippen LogP contribution >= 0.6 is 28.1 Å². The Kier molecular flexibility index (Phi) is 5.05. The molecule has 15 heavy (non-hydrogen) atoms. The van der Waals surface area contributed by atoms with Crippen molar-refractivity contribution in [3.63, 3.8) is 0 Å². The zero-order valence-corrected chi connectivity index (χ0v) is 11.0. The summed E-state index contributed by atoms with van der Waals surface area (Å²) in [5.74, 6) is 0.918. The molecule has 0 saturated heterocycles. The van der Waals surface area contributed by atoms with Gasteiger partial charge in [0.1, 0.15) is 5.75 Å². The maximum Gasteiger partial charge on any atom is 0.122 e. The van der Waals surface area contributed by atoms with Crippen LogP contribution in [-0.4, -0.2) is 12.1 Å². The second kappa shape index (κ2) is 6.08. The monoisotopic (exact) mass is 287 g/mol. The number of halogens is 1. The van der Waals surface area contributed by atoms with Crippen LogP contribution in [0.1, 0.15) is 18.4 Å². The molecule has 4 heteroatoms.